The Morgan fingerprint density at radius 3 is 2.18 bits per heavy atom. The van der Waals surface area contributed by atoms with Crippen molar-refractivity contribution in [1.29, 1.82) is 0 Å². The summed E-state index contributed by atoms with van der Waals surface area (Å²) < 4.78 is 5.82. The van der Waals surface area contributed by atoms with Crippen molar-refractivity contribution in [2.45, 2.75) is 6.04 Å². The van der Waals surface area contributed by atoms with Crippen LogP contribution in [0.3, 0.4) is 0 Å². The fourth-order valence-electron chi connectivity index (χ4n) is 4.98. The van der Waals surface area contributed by atoms with E-state index >= 15 is 0 Å². The predicted octanol–water partition coefficient (Wildman–Crippen LogP) is 4.81. The van der Waals surface area contributed by atoms with Crippen molar-refractivity contribution in [2.75, 3.05) is 53.4 Å². The molecule has 1 amide bonds. The lowest BCUT2D eigenvalue weighted by Gasteiger charge is -2.38. The van der Waals surface area contributed by atoms with Crippen molar-refractivity contribution >= 4 is 17.5 Å². The van der Waals surface area contributed by atoms with Gasteiger partial charge in [-0.05, 0) is 54.5 Å². The van der Waals surface area contributed by atoms with Crippen LogP contribution >= 0.6 is 11.6 Å². The average Bonchev–Trinajstić information content (AvgIpc) is 3.19. The lowest BCUT2D eigenvalue weighted by Crippen LogP contribution is -2.49. The van der Waals surface area contributed by atoms with Crippen LogP contribution in [0, 0.1) is 0 Å². The van der Waals surface area contributed by atoms with Gasteiger partial charge >= 0.3 is 0 Å². The van der Waals surface area contributed by atoms with E-state index in [1.165, 1.54) is 22.3 Å². The Labute approximate surface area is 206 Å². The van der Waals surface area contributed by atoms with Crippen LogP contribution in [-0.4, -0.2) is 74.0 Å². The average molecular weight is 476 g/mol. The van der Waals surface area contributed by atoms with E-state index in [9.17, 15) is 4.79 Å². The van der Waals surface area contributed by atoms with Crippen LogP contribution in [0.5, 0.6) is 5.75 Å². The zero-order valence-corrected chi connectivity index (χ0v) is 20.5. The van der Waals surface area contributed by atoms with Gasteiger partial charge in [-0.25, -0.2) is 0 Å². The van der Waals surface area contributed by atoms with Gasteiger partial charge in [0.25, 0.3) is 5.91 Å². The van der Waals surface area contributed by atoms with Gasteiger partial charge in [0.2, 0.25) is 0 Å². The van der Waals surface area contributed by atoms with Crippen molar-refractivity contribution < 1.29 is 9.53 Å². The van der Waals surface area contributed by atoms with Gasteiger partial charge in [-0.2, -0.15) is 0 Å². The van der Waals surface area contributed by atoms with E-state index < -0.39 is 0 Å². The topological polar surface area (TPSA) is 36.0 Å². The number of carbonyl (C=O) groups excluding carboxylic acids is 1. The normalized spacial score (nSPS) is 15.9. The molecule has 3 aromatic carbocycles. The Morgan fingerprint density at radius 1 is 0.941 bits per heavy atom. The second-order valence-electron chi connectivity index (χ2n) is 9.20. The second-order valence-corrected chi connectivity index (χ2v) is 9.61. The summed E-state index contributed by atoms with van der Waals surface area (Å²) >= 11 is 6.42. The van der Waals surface area contributed by atoms with E-state index in [-0.39, 0.29) is 11.9 Å². The number of amides is 1. The van der Waals surface area contributed by atoms with Gasteiger partial charge in [0.1, 0.15) is 12.4 Å². The largest absolute Gasteiger partial charge is 0.492 e. The molecule has 3 aromatic rings. The van der Waals surface area contributed by atoms with Crippen LogP contribution in [0.25, 0.3) is 11.1 Å². The smallest absolute Gasteiger partial charge is 0.255 e. The molecule has 1 aliphatic carbocycles. The molecule has 176 valence electrons. The number of nitrogens with zero attached hydrogens (tertiary/aromatic N) is 3. The number of halogens is 1. The van der Waals surface area contributed by atoms with Crippen LogP contribution in [0.1, 0.15) is 27.5 Å². The highest BCUT2D eigenvalue weighted by Crippen LogP contribution is 2.46. The molecular formula is C28H30ClN3O2. The standard InChI is InChI=1S/C28H30ClN3O2/c1-30(2)17-18-34-20-11-12-26(29)25(19-20)28(33)32-15-13-31(14-16-32)27-23-9-5-3-7-21(23)22-8-4-6-10-24(22)27/h3-12,19,27H,13-18H2,1-2H3. The number of rotatable bonds is 6. The molecule has 5 rings (SSSR count). The van der Waals surface area contributed by atoms with E-state index in [1.54, 1.807) is 12.1 Å². The van der Waals surface area contributed by atoms with Crippen molar-refractivity contribution in [3.63, 3.8) is 0 Å². The minimum atomic E-state index is -0.0325. The van der Waals surface area contributed by atoms with Crippen LogP contribution in [0.4, 0.5) is 0 Å². The third-order valence-electron chi connectivity index (χ3n) is 6.74. The molecular weight excluding hydrogens is 446 g/mol. The molecule has 0 aromatic heterocycles. The van der Waals surface area contributed by atoms with Crippen molar-refractivity contribution in [2.24, 2.45) is 0 Å². The number of benzene rings is 3. The van der Waals surface area contributed by atoms with Gasteiger partial charge in [0.05, 0.1) is 16.6 Å². The number of likely N-dealkylation sites (N-methyl/N-ethyl adjacent to an activating group) is 1. The number of hydrogen-bond donors (Lipinski definition) is 0. The zero-order chi connectivity index (χ0) is 23.7. The van der Waals surface area contributed by atoms with Gasteiger partial charge < -0.3 is 14.5 Å². The molecule has 1 saturated heterocycles. The number of hydrogen-bond acceptors (Lipinski definition) is 4. The van der Waals surface area contributed by atoms with Gasteiger partial charge in [0.15, 0.2) is 0 Å². The van der Waals surface area contributed by atoms with Crippen LogP contribution in [-0.2, 0) is 0 Å². The molecule has 2 aliphatic rings. The van der Waals surface area contributed by atoms with E-state index in [4.69, 9.17) is 16.3 Å². The second kappa shape index (κ2) is 9.79. The summed E-state index contributed by atoms with van der Waals surface area (Å²) in [4.78, 5) is 19.8. The summed E-state index contributed by atoms with van der Waals surface area (Å²) in [5.74, 6) is 0.641. The maximum Gasteiger partial charge on any atom is 0.255 e. The molecule has 1 aliphatic heterocycles. The first kappa shape index (κ1) is 22.9. The van der Waals surface area contributed by atoms with E-state index in [1.807, 2.05) is 25.1 Å². The Morgan fingerprint density at radius 2 is 1.56 bits per heavy atom. The number of piperazine rings is 1. The zero-order valence-electron chi connectivity index (χ0n) is 19.7. The third kappa shape index (κ3) is 4.43. The van der Waals surface area contributed by atoms with Crippen LogP contribution in [0.2, 0.25) is 5.02 Å². The highest BCUT2D eigenvalue weighted by molar-refractivity contribution is 6.33. The maximum atomic E-state index is 13.3. The number of fused-ring (bicyclic) bond motifs is 3. The summed E-state index contributed by atoms with van der Waals surface area (Å²) in [6, 6.07) is 22.9. The molecule has 0 bridgehead atoms. The Hall–Kier alpha value is -2.86. The summed E-state index contributed by atoms with van der Waals surface area (Å²) in [5, 5.41) is 0.464. The Balaban J connectivity index is 1.29. The number of ether oxygens (including phenoxy) is 1. The van der Waals surface area contributed by atoms with Crippen molar-refractivity contribution in [3.05, 3.63) is 88.4 Å². The molecule has 5 nitrogen and oxygen atoms in total. The maximum absolute atomic E-state index is 13.3. The summed E-state index contributed by atoms with van der Waals surface area (Å²) in [7, 11) is 4.01. The van der Waals surface area contributed by atoms with Crippen LogP contribution in [0.15, 0.2) is 66.7 Å². The van der Waals surface area contributed by atoms with Gasteiger partial charge in [-0.15, -0.1) is 0 Å². The highest BCUT2D eigenvalue weighted by atomic mass is 35.5. The lowest BCUT2D eigenvalue weighted by molar-refractivity contribution is 0.0599. The molecule has 0 spiro atoms. The Kier molecular flexibility index (Phi) is 6.59. The molecule has 0 N–H and O–H groups in total. The Bertz CT molecular complexity index is 1140. The molecule has 0 radical (unpaired) electrons. The monoisotopic (exact) mass is 475 g/mol. The predicted molar refractivity (Wildman–Crippen MR) is 137 cm³/mol. The molecule has 1 fully saturated rings. The highest BCUT2D eigenvalue weighted by Gasteiger charge is 2.35. The van der Waals surface area contributed by atoms with Gasteiger partial charge in [0, 0.05) is 32.7 Å². The van der Waals surface area contributed by atoms with E-state index in [0.717, 1.165) is 19.6 Å². The van der Waals surface area contributed by atoms with Gasteiger partial charge in [-0.1, -0.05) is 60.1 Å². The van der Waals surface area contributed by atoms with E-state index in [0.29, 0.717) is 36.0 Å². The van der Waals surface area contributed by atoms with Crippen molar-refractivity contribution in [3.8, 4) is 16.9 Å². The first-order valence-corrected chi connectivity index (χ1v) is 12.2. The molecule has 0 unspecified atom stereocenters. The third-order valence-corrected chi connectivity index (χ3v) is 7.07. The molecule has 1 heterocycles. The summed E-state index contributed by atoms with van der Waals surface area (Å²) in [6.07, 6.45) is 0. The summed E-state index contributed by atoms with van der Waals surface area (Å²) in [6.45, 7) is 4.33. The van der Waals surface area contributed by atoms with E-state index in [2.05, 4.69) is 58.3 Å². The first-order chi connectivity index (χ1) is 16.5. The fourth-order valence-corrected chi connectivity index (χ4v) is 5.18. The quantitative estimate of drug-likeness (QED) is 0.512. The first-order valence-electron chi connectivity index (χ1n) is 11.8. The molecule has 0 atom stereocenters. The number of carbonyl (C=O) groups is 1. The van der Waals surface area contributed by atoms with Gasteiger partial charge in [-0.3, -0.25) is 9.69 Å². The molecule has 6 heteroatoms. The SMILES string of the molecule is CN(C)CCOc1ccc(Cl)c(C(=O)N2CCN(C3c4ccccc4-c4ccccc43)CC2)c1. The fraction of sp³-hybridized carbons (Fsp3) is 0.321. The molecule has 0 saturated carbocycles. The molecule has 34 heavy (non-hydrogen) atoms. The van der Waals surface area contributed by atoms with Crippen LogP contribution < -0.4 is 4.74 Å². The van der Waals surface area contributed by atoms with Crippen molar-refractivity contribution in [1.82, 2.24) is 14.7 Å². The minimum absolute atomic E-state index is 0.0325. The minimum Gasteiger partial charge on any atom is -0.492 e. The lowest BCUT2D eigenvalue weighted by atomic mass is 10.0. The summed E-state index contributed by atoms with van der Waals surface area (Å²) in [5.41, 5.74) is 5.86.